The van der Waals surface area contributed by atoms with E-state index in [1.807, 2.05) is 42.5 Å². The van der Waals surface area contributed by atoms with Gasteiger partial charge in [0.1, 0.15) is 0 Å². The molecule has 110 valence electrons. The summed E-state index contributed by atoms with van der Waals surface area (Å²) in [6.07, 6.45) is 3.65. The number of pyridine rings is 1. The van der Waals surface area contributed by atoms with Crippen LogP contribution >= 0.6 is 0 Å². The third-order valence-corrected chi connectivity index (χ3v) is 3.36. The number of hydrogen-bond acceptors (Lipinski definition) is 4. The number of aromatic nitrogens is 1. The number of para-hydroxylation sites is 1. The maximum Gasteiger partial charge on any atom is 0.200 e. The molecule has 0 bridgehead atoms. The van der Waals surface area contributed by atoms with Gasteiger partial charge in [-0.2, -0.15) is 0 Å². The van der Waals surface area contributed by atoms with Gasteiger partial charge in [0.05, 0.1) is 18.3 Å². The predicted molar refractivity (Wildman–Crippen MR) is 87.0 cm³/mol. The molecule has 0 aliphatic heterocycles. The van der Waals surface area contributed by atoms with Crippen molar-refractivity contribution in [3.05, 3.63) is 59.8 Å². The van der Waals surface area contributed by atoms with E-state index in [0.29, 0.717) is 5.56 Å². The van der Waals surface area contributed by atoms with Gasteiger partial charge in [0, 0.05) is 5.39 Å². The molecule has 3 aromatic rings. The largest absolute Gasteiger partial charge is 0.504 e. The Morgan fingerprint density at radius 3 is 2.64 bits per heavy atom. The lowest BCUT2D eigenvalue weighted by Gasteiger charge is -2.06. The summed E-state index contributed by atoms with van der Waals surface area (Å²) in [5.41, 5.74) is 2.45. The lowest BCUT2D eigenvalue weighted by Crippen LogP contribution is -1.86. The number of rotatable bonds is 3. The molecule has 1 aromatic heterocycles. The Hall–Kier alpha value is -3.01. The van der Waals surface area contributed by atoms with Crippen LogP contribution in [-0.2, 0) is 0 Å². The van der Waals surface area contributed by atoms with E-state index in [0.717, 1.165) is 16.6 Å². The van der Waals surface area contributed by atoms with Crippen LogP contribution < -0.4 is 4.74 Å². The summed E-state index contributed by atoms with van der Waals surface area (Å²) < 4.78 is 5.02. The highest BCUT2D eigenvalue weighted by Crippen LogP contribution is 2.36. The van der Waals surface area contributed by atoms with E-state index < -0.39 is 0 Å². The molecule has 0 saturated carbocycles. The molecule has 2 aromatic carbocycles. The molecule has 3 rings (SSSR count). The summed E-state index contributed by atoms with van der Waals surface area (Å²) in [4.78, 5) is 4.54. The van der Waals surface area contributed by atoms with Crippen molar-refractivity contribution in [3.8, 4) is 17.2 Å². The third-order valence-electron chi connectivity index (χ3n) is 3.36. The van der Waals surface area contributed by atoms with Gasteiger partial charge >= 0.3 is 0 Å². The Balaban J connectivity index is 1.94. The molecule has 0 aliphatic rings. The molecular weight excluding hydrogens is 278 g/mol. The molecular formula is C18H15NO3. The van der Waals surface area contributed by atoms with Gasteiger partial charge in [-0.05, 0) is 35.9 Å². The fourth-order valence-electron chi connectivity index (χ4n) is 2.22. The minimum absolute atomic E-state index is 0.217. The quantitative estimate of drug-likeness (QED) is 0.720. The topological polar surface area (TPSA) is 62.6 Å². The number of hydrogen-bond donors (Lipinski definition) is 2. The van der Waals surface area contributed by atoms with Gasteiger partial charge in [0.2, 0.25) is 5.75 Å². The number of phenolic OH excluding ortho intramolecular Hbond substituents is 2. The average Bonchev–Trinajstić information content (AvgIpc) is 2.55. The van der Waals surface area contributed by atoms with Crippen molar-refractivity contribution in [1.29, 1.82) is 0 Å². The van der Waals surface area contributed by atoms with Crippen molar-refractivity contribution in [2.45, 2.75) is 0 Å². The summed E-state index contributed by atoms with van der Waals surface area (Å²) in [6.45, 7) is 0. The minimum atomic E-state index is -0.261. The standard InChI is InChI=1S/C18H15NO3/c1-22-17-11-12(10-16(20)18(17)21)6-8-14-9-7-13-4-2-3-5-15(13)19-14/h2-11,20-21H,1H3/b8-6+. The van der Waals surface area contributed by atoms with Crippen LogP contribution in [0.4, 0.5) is 0 Å². The first-order valence-electron chi connectivity index (χ1n) is 6.81. The van der Waals surface area contributed by atoms with E-state index in [1.54, 1.807) is 12.1 Å². The van der Waals surface area contributed by atoms with Crippen molar-refractivity contribution in [2.24, 2.45) is 0 Å². The fraction of sp³-hybridized carbons (Fsp3) is 0.0556. The van der Waals surface area contributed by atoms with E-state index in [9.17, 15) is 10.2 Å². The van der Waals surface area contributed by atoms with Crippen molar-refractivity contribution < 1.29 is 14.9 Å². The molecule has 0 radical (unpaired) electrons. The number of phenols is 2. The zero-order valence-corrected chi connectivity index (χ0v) is 12.0. The lowest BCUT2D eigenvalue weighted by molar-refractivity contribution is 0.351. The number of benzene rings is 2. The van der Waals surface area contributed by atoms with Gasteiger partial charge in [0.25, 0.3) is 0 Å². The monoisotopic (exact) mass is 293 g/mol. The van der Waals surface area contributed by atoms with E-state index in [-0.39, 0.29) is 17.2 Å². The van der Waals surface area contributed by atoms with Gasteiger partial charge in [-0.3, -0.25) is 0 Å². The second kappa shape index (κ2) is 5.77. The first kappa shape index (κ1) is 13.9. The summed E-state index contributed by atoms with van der Waals surface area (Å²) in [5.74, 6) is -0.250. The van der Waals surface area contributed by atoms with Gasteiger partial charge in [0.15, 0.2) is 11.5 Å². The van der Waals surface area contributed by atoms with Crippen LogP contribution in [0.2, 0.25) is 0 Å². The molecule has 0 fully saturated rings. The van der Waals surface area contributed by atoms with Crippen molar-refractivity contribution in [1.82, 2.24) is 4.98 Å². The van der Waals surface area contributed by atoms with Crippen LogP contribution in [0.3, 0.4) is 0 Å². The summed E-state index contributed by atoms with van der Waals surface area (Å²) in [7, 11) is 1.44. The van der Waals surface area contributed by atoms with Crippen LogP contribution in [-0.4, -0.2) is 22.3 Å². The fourth-order valence-corrected chi connectivity index (χ4v) is 2.22. The van der Waals surface area contributed by atoms with E-state index in [4.69, 9.17) is 4.74 Å². The zero-order chi connectivity index (χ0) is 15.5. The van der Waals surface area contributed by atoms with Crippen molar-refractivity contribution in [2.75, 3.05) is 7.11 Å². The molecule has 0 unspecified atom stereocenters. The lowest BCUT2D eigenvalue weighted by atomic mass is 10.1. The van der Waals surface area contributed by atoms with E-state index in [2.05, 4.69) is 4.98 Å². The minimum Gasteiger partial charge on any atom is -0.504 e. The molecule has 1 heterocycles. The first-order valence-corrected chi connectivity index (χ1v) is 6.81. The molecule has 0 spiro atoms. The molecule has 2 N–H and O–H groups in total. The second-order valence-electron chi connectivity index (χ2n) is 4.85. The average molecular weight is 293 g/mol. The molecule has 0 amide bonds. The smallest absolute Gasteiger partial charge is 0.200 e. The van der Waals surface area contributed by atoms with E-state index >= 15 is 0 Å². The van der Waals surface area contributed by atoms with Gasteiger partial charge in [-0.1, -0.05) is 30.3 Å². The third kappa shape index (κ3) is 2.72. The Morgan fingerprint density at radius 2 is 1.82 bits per heavy atom. The van der Waals surface area contributed by atoms with Crippen LogP contribution in [0.25, 0.3) is 23.1 Å². The maximum atomic E-state index is 9.67. The molecule has 0 saturated heterocycles. The van der Waals surface area contributed by atoms with Crippen molar-refractivity contribution in [3.63, 3.8) is 0 Å². The summed E-state index contributed by atoms with van der Waals surface area (Å²) in [6, 6.07) is 15.0. The van der Waals surface area contributed by atoms with Gasteiger partial charge in [-0.25, -0.2) is 4.98 Å². The Kier molecular flexibility index (Phi) is 3.66. The van der Waals surface area contributed by atoms with Crippen LogP contribution in [0.5, 0.6) is 17.2 Å². The number of nitrogens with zero attached hydrogens (tertiary/aromatic N) is 1. The van der Waals surface area contributed by atoms with Crippen molar-refractivity contribution >= 4 is 23.1 Å². The number of fused-ring (bicyclic) bond motifs is 1. The zero-order valence-electron chi connectivity index (χ0n) is 12.0. The normalized spacial score (nSPS) is 11.1. The molecule has 0 aliphatic carbocycles. The predicted octanol–water partition coefficient (Wildman–Crippen LogP) is 3.83. The first-order chi connectivity index (χ1) is 10.7. The van der Waals surface area contributed by atoms with Crippen LogP contribution in [0, 0.1) is 0 Å². The van der Waals surface area contributed by atoms with Crippen LogP contribution in [0.15, 0.2) is 48.5 Å². The highest BCUT2D eigenvalue weighted by atomic mass is 16.5. The molecule has 4 nitrogen and oxygen atoms in total. The summed E-state index contributed by atoms with van der Waals surface area (Å²) in [5, 5.41) is 20.4. The van der Waals surface area contributed by atoms with Gasteiger partial charge in [-0.15, -0.1) is 0 Å². The highest BCUT2D eigenvalue weighted by molar-refractivity contribution is 5.81. The second-order valence-corrected chi connectivity index (χ2v) is 4.85. The number of ether oxygens (including phenoxy) is 1. The highest BCUT2D eigenvalue weighted by Gasteiger charge is 2.08. The van der Waals surface area contributed by atoms with Gasteiger partial charge < -0.3 is 14.9 Å². The SMILES string of the molecule is COc1cc(/C=C/c2ccc3ccccc3n2)cc(O)c1O. The Morgan fingerprint density at radius 1 is 1.00 bits per heavy atom. The number of aromatic hydroxyl groups is 2. The maximum absolute atomic E-state index is 9.67. The molecule has 22 heavy (non-hydrogen) atoms. The van der Waals surface area contributed by atoms with E-state index in [1.165, 1.54) is 13.2 Å². The number of methoxy groups -OCH3 is 1. The molecule has 0 atom stereocenters. The summed E-state index contributed by atoms with van der Waals surface area (Å²) >= 11 is 0. The Labute approximate surface area is 127 Å². The molecule has 4 heteroatoms. The van der Waals surface area contributed by atoms with Crippen LogP contribution in [0.1, 0.15) is 11.3 Å². The Bertz CT molecular complexity index is 856.